The van der Waals surface area contributed by atoms with E-state index < -0.39 is 35.4 Å². The fourth-order valence-corrected chi connectivity index (χ4v) is 2.31. The van der Waals surface area contributed by atoms with Crippen LogP contribution in [0.2, 0.25) is 0 Å². The molecule has 28 heavy (non-hydrogen) atoms. The van der Waals surface area contributed by atoms with Gasteiger partial charge in [-0.25, -0.2) is 14.4 Å². The van der Waals surface area contributed by atoms with Gasteiger partial charge in [0.2, 0.25) is 0 Å². The molecule has 0 aliphatic rings. The second-order valence-corrected chi connectivity index (χ2v) is 8.29. The van der Waals surface area contributed by atoms with E-state index in [-0.39, 0.29) is 13.0 Å². The van der Waals surface area contributed by atoms with Gasteiger partial charge in [-0.15, -0.1) is 0 Å². The number of amides is 2. The molecule has 0 aromatic heterocycles. The van der Waals surface area contributed by atoms with Gasteiger partial charge in [-0.2, -0.15) is 4.90 Å². The van der Waals surface area contributed by atoms with Gasteiger partial charge in [0.1, 0.15) is 17.2 Å². The van der Waals surface area contributed by atoms with Crippen molar-refractivity contribution in [2.75, 3.05) is 6.61 Å². The van der Waals surface area contributed by atoms with Crippen molar-refractivity contribution in [3.63, 3.8) is 0 Å². The lowest BCUT2D eigenvalue weighted by molar-refractivity contribution is -0.149. The maximum atomic E-state index is 12.8. The summed E-state index contributed by atoms with van der Waals surface area (Å²) >= 11 is 0. The highest BCUT2D eigenvalue weighted by molar-refractivity contribution is 5.94. The molecule has 2 amide bonds. The fourth-order valence-electron chi connectivity index (χ4n) is 2.31. The molecule has 0 heterocycles. The maximum Gasteiger partial charge on any atom is 0.420 e. The highest BCUT2D eigenvalue weighted by Gasteiger charge is 2.41. The summed E-state index contributed by atoms with van der Waals surface area (Å²) in [5.41, 5.74) is -0.954. The number of esters is 1. The van der Waals surface area contributed by atoms with Gasteiger partial charge in [0, 0.05) is 6.42 Å². The molecule has 0 spiro atoms. The summed E-state index contributed by atoms with van der Waals surface area (Å²) in [6, 6.07) is 7.84. The molecule has 0 aliphatic carbocycles. The minimum absolute atomic E-state index is 0.0815. The first-order valence-corrected chi connectivity index (χ1v) is 9.30. The van der Waals surface area contributed by atoms with Crippen molar-refractivity contribution in [3.05, 3.63) is 35.9 Å². The van der Waals surface area contributed by atoms with Gasteiger partial charge in [0.05, 0.1) is 6.61 Å². The van der Waals surface area contributed by atoms with Gasteiger partial charge in [-0.1, -0.05) is 30.3 Å². The van der Waals surface area contributed by atoms with Gasteiger partial charge < -0.3 is 14.2 Å². The summed E-state index contributed by atoms with van der Waals surface area (Å²) in [5, 5.41) is 0. The Labute approximate surface area is 166 Å². The van der Waals surface area contributed by atoms with E-state index in [0.717, 1.165) is 5.56 Å². The monoisotopic (exact) mass is 393 g/mol. The Kier molecular flexibility index (Phi) is 8.02. The van der Waals surface area contributed by atoms with E-state index in [1.54, 1.807) is 60.6 Å². The summed E-state index contributed by atoms with van der Waals surface area (Å²) in [4.78, 5) is 39.0. The molecule has 1 atom stereocenters. The smallest absolute Gasteiger partial charge is 0.420 e. The van der Waals surface area contributed by atoms with Crippen LogP contribution in [-0.4, -0.2) is 46.9 Å². The van der Waals surface area contributed by atoms with Crippen LogP contribution < -0.4 is 0 Å². The quantitative estimate of drug-likeness (QED) is 0.547. The van der Waals surface area contributed by atoms with Crippen molar-refractivity contribution in [1.82, 2.24) is 4.90 Å². The van der Waals surface area contributed by atoms with E-state index in [2.05, 4.69) is 0 Å². The van der Waals surface area contributed by atoms with Crippen molar-refractivity contribution in [2.45, 2.75) is 72.1 Å². The van der Waals surface area contributed by atoms with E-state index in [0.29, 0.717) is 4.90 Å². The highest BCUT2D eigenvalue weighted by Crippen LogP contribution is 2.20. The first kappa shape index (κ1) is 23.5. The minimum Gasteiger partial charge on any atom is -0.464 e. The van der Waals surface area contributed by atoms with Crippen LogP contribution in [0.25, 0.3) is 0 Å². The topological polar surface area (TPSA) is 82.1 Å². The first-order chi connectivity index (χ1) is 12.8. The van der Waals surface area contributed by atoms with Crippen molar-refractivity contribution >= 4 is 18.2 Å². The molecule has 0 aliphatic heterocycles. The number of nitrogens with zero attached hydrogens (tertiary/aromatic N) is 1. The molecular formula is C21H31NO6. The Morgan fingerprint density at radius 2 is 1.36 bits per heavy atom. The summed E-state index contributed by atoms with van der Waals surface area (Å²) in [6.07, 6.45) is -1.84. The number of hydrogen-bond acceptors (Lipinski definition) is 6. The van der Waals surface area contributed by atoms with Crippen LogP contribution >= 0.6 is 0 Å². The molecule has 156 valence electrons. The van der Waals surface area contributed by atoms with Gasteiger partial charge in [-0.3, -0.25) is 0 Å². The summed E-state index contributed by atoms with van der Waals surface area (Å²) in [6.45, 7) is 11.8. The Bertz CT molecular complexity index is 644. The number of benzene rings is 1. The predicted molar refractivity (Wildman–Crippen MR) is 105 cm³/mol. The van der Waals surface area contributed by atoms with Crippen molar-refractivity contribution in [3.8, 4) is 0 Å². The molecule has 1 aromatic rings. The van der Waals surface area contributed by atoms with Gasteiger partial charge >= 0.3 is 18.2 Å². The van der Waals surface area contributed by atoms with Crippen LogP contribution in [0.1, 0.15) is 54.0 Å². The average Bonchev–Trinajstić information content (AvgIpc) is 2.52. The summed E-state index contributed by atoms with van der Waals surface area (Å²) in [5.74, 6) is -0.705. The van der Waals surface area contributed by atoms with Crippen molar-refractivity contribution in [2.24, 2.45) is 0 Å². The normalized spacial score (nSPS) is 12.7. The second kappa shape index (κ2) is 9.57. The molecule has 1 aromatic carbocycles. The predicted octanol–water partition coefficient (Wildman–Crippen LogP) is 4.33. The van der Waals surface area contributed by atoms with E-state index >= 15 is 0 Å². The molecule has 7 nitrogen and oxygen atoms in total. The van der Waals surface area contributed by atoms with Crippen LogP contribution in [-0.2, 0) is 25.4 Å². The third kappa shape index (κ3) is 7.98. The molecule has 0 N–H and O–H groups in total. The zero-order chi connectivity index (χ0) is 21.5. The molecule has 0 fully saturated rings. The summed E-state index contributed by atoms with van der Waals surface area (Å²) < 4.78 is 15.8. The second-order valence-electron chi connectivity index (χ2n) is 8.29. The van der Waals surface area contributed by atoms with Crippen molar-refractivity contribution in [1.29, 1.82) is 0 Å². The molecule has 1 rings (SSSR count). The molecule has 1 unspecified atom stereocenters. The Morgan fingerprint density at radius 1 is 0.893 bits per heavy atom. The van der Waals surface area contributed by atoms with Crippen LogP contribution in [0.4, 0.5) is 9.59 Å². The van der Waals surface area contributed by atoms with Crippen LogP contribution in [0.3, 0.4) is 0 Å². The lowest BCUT2D eigenvalue weighted by atomic mass is 10.0. The molecular weight excluding hydrogens is 362 g/mol. The number of carbonyl (C=O) groups excluding carboxylic acids is 3. The lowest BCUT2D eigenvalue weighted by Crippen LogP contribution is -2.53. The highest BCUT2D eigenvalue weighted by atomic mass is 16.6. The molecule has 0 radical (unpaired) electrons. The van der Waals surface area contributed by atoms with Gasteiger partial charge in [-0.05, 0) is 54.0 Å². The molecule has 0 saturated heterocycles. The third-order valence-electron chi connectivity index (χ3n) is 3.32. The fraction of sp³-hybridized carbons (Fsp3) is 0.571. The molecule has 0 saturated carbocycles. The van der Waals surface area contributed by atoms with Crippen molar-refractivity contribution < 1.29 is 28.6 Å². The van der Waals surface area contributed by atoms with E-state index in [1.165, 1.54) is 0 Å². The van der Waals surface area contributed by atoms with Crippen LogP contribution in [0, 0.1) is 0 Å². The zero-order valence-electron chi connectivity index (χ0n) is 17.8. The minimum atomic E-state index is -1.22. The van der Waals surface area contributed by atoms with Gasteiger partial charge in [0.15, 0.2) is 0 Å². The summed E-state index contributed by atoms with van der Waals surface area (Å²) in [7, 11) is 0. The standard InChI is InChI=1S/C21H31NO6/c1-8-26-17(23)16(14-15-12-10-9-11-13-15)22(18(24)27-20(2,3)4)19(25)28-21(5,6)7/h9-13,16H,8,14H2,1-7H3. The lowest BCUT2D eigenvalue weighted by Gasteiger charge is -2.32. The van der Waals surface area contributed by atoms with Crippen LogP contribution in [0.5, 0.6) is 0 Å². The Balaban J connectivity index is 3.32. The SMILES string of the molecule is CCOC(=O)C(Cc1ccccc1)N(C(=O)OC(C)(C)C)C(=O)OC(C)(C)C. The zero-order valence-corrected chi connectivity index (χ0v) is 17.8. The van der Waals surface area contributed by atoms with E-state index in [1.807, 2.05) is 18.2 Å². The Morgan fingerprint density at radius 3 is 1.75 bits per heavy atom. The maximum absolute atomic E-state index is 12.8. The first-order valence-electron chi connectivity index (χ1n) is 9.30. The van der Waals surface area contributed by atoms with Crippen LogP contribution in [0.15, 0.2) is 30.3 Å². The average molecular weight is 393 g/mol. The van der Waals surface area contributed by atoms with Gasteiger partial charge in [0.25, 0.3) is 0 Å². The number of rotatable bonds is 5. The number of hydrogen-bond donors (Lipinski definition) is 0. The molecule has 0 bridgehead atoms. The number of carbonyl (C=O) groups is 3. The number of imide groups is 1. The van der Waals surface area contributed by atoms with E-state index in [9.17, 15) is 14.4 Å². The number of ether oxygens (including phenoxy) is 3. The molecule has 7 heteroatoms. The third-order valence-corrected chi connectivity index (χ3v) is 3.32. The largest absolute Gasteiger partial charge is 0.464 e. The van der Waals surface area contributed by atoms with E-state index in [4.69, 9.17) is 14.2 Å². The Hall–Kier alpha value is -2.57.